The van der Waals surface area contributed by atoms with Gasteiger partial charge >= 0.3 is 0 Å². The Balaban J connectivity index is 2.69. The standard InChI is InChI=1S/C7H12N2O2/c1-7(2,11-3)6-8-4-5(10)9-6/h4H2,1-3H3,(H,8,9,10). The summed E-state index contributed by atoms with van der Waals surface area (Å²) in [6.45, 7) is 3.94. The third kappa shape index (κ3) is 1.57. The van der Waals surface area contributed by atoms with E-state index in [4.69, 9.17) is 4.74 Å². The maximum absolute atomic E-state index is 10.7. The Morgan fingerprint density at radius 2 is 2.27 bits per heavy atom. The van der Waals surface area contributed by atoms with Crippen molar-refractivity contribution in [2.45, 2.75) is 19.4 Å². The maximum Gasteiger partial charge on any atom is 0.247 e. The van der Waals surface area contributed by atoms with Crippen LogP contribution in [-0.2, 0) is 9.53 Å². The van der Waals surface area contributed by atoms with Gasteiger partial charge in [-0.3, -0.25) is 9.79 Å². The molecule has 0 unspecified atom stereocenters. The zero-order chi connectivity index (χ0) is 8.48. The van der Waals surface area contributed by atoms with Gasteiger partial charge in [0, 0.05) is 7.11 Å². The minimum Gasteiger partial charge on any atom is -0.371 e. The highest BCUT2D eigenvalue weighted by atomic mass is 16.5. The number of hydrogen-bond acceptors (Lipinski definition) is 3. The van der Waals surface area contributed by atoms with E-state index in [1.54, 1.807) is 7.11 Å². The van der Waals surface area contributed by atoms with Crippen molar-refractivity contribution in [1.29, 1.82) is 0 Å². The van der Waals surface area contributed by atoms with E-state index in [9.17, 15) is 4.79 Å². The van der Waals surface area contributed by atoms with Crippen LogP contribution in [0, 0.1) is 0 Å². The van der Waals surface area contributed by atoms with Crippen LogP contribution < -0.4 is 5.32 Å². The van der Waals surface area contributed by atoms with Gasteiger partial charge in [0.15, 0.2) is 0 Å². The molecular weight excluding hydrogens is 144 g/mol. The fourth-order valence-corrected chi connectivity index (χ4v) is 0.800. The molecule has 0 radical (unpaired) electrons. The Morgan fingerprint density at radius 1 is 1.64 bits per heavy atom. The molecule has 0 fully saturated rings. The van der Waals surface area contributed by atoms with Crippen molar-refractivity contribution in [3.8, 4) is 0 Å². The predicted octanol–water partition coefficient (Wildman–Crippen LogP) is -0.0603. The fraction of sp³-hybridized carbons (Fsp3) is 0.714. The van der Waals surface area contributed by atoms with Crippen LogP contribution in [0.15, 0.2) is 4.99 Å². The summed E-state index contributed by atoms with van der Waals surface area (Å²) >= 11 is 0. The monoisotopic (exact) mass is 156 g/mol. The van der Waals surface area contributed by atoms with Gasteiger partial charge in [0.1, 0.15) is 18.0 Å². The number of amidine groups is 1. The van der Waals surface area contributed by atoms with Gasteiger partial charge in [-0.05, 0) is 13.8 Å². The number of rotatable bonds is 2. The predicted molar refractivity (Wildman–Crippen MR) is 41.5 cm³/mol. The summed E-state index contributed by atoms with van der Waals surface area (Å²) in [6.07, 6.45) is 0. The topological polar surface area (TPSA) is 50.7 Å². The molecule has 1 N–H and O–H groups in total. The van der Waals surface area contributed by atoms with Gasteiger partial charge in [0.25, 0.3) is 0 Å². The number of methoxy groups -OCH3 is 1. The van der Waals surface area contributed by atoms with E-state index in [2.05, 4.69) is 10.3 Å². The molecule has 1 heterocycles. The van der Waals surface area contributed by atoms with Gasteiger partial charge in [-0.1, -0.05) is 0 Å². The lowest BCUT2D eigenvalue weighted by atomic mass is 10.1. The lowest BCUT2D eigenvalue weighted by Crippen LogP contribution is -2.42. The average Bonchev–Trinajstić information content (AvgIpc) is 2.36. The van der Waals surface area contributed by atoms with Crippen molar-refractivity contribution in [2.24, 2.45) is 4.99 Å². The van der Waals surface area contributed by atoms with Crippen molar-refractivity contribution in [1.82, 2.24) is 5.32 Å². The molecule has 0 aromatic rings. The smallest absolute Gasteiger partial charge is 0.247 e. The number of ether oxygens (including phenoxy) is 1. The van der Waals surface area contributed by atoms with Gasteiger partial charge in [-0.25, -0.2) is 0 Å². The molecule has 0 saturated heterocycles. The van der Waals surface area contributed by atoms with Crippen LogP contribution in [0.4, 0.5) is 0 Å². The first-order valence-corrected chi connectivity index (χ1v) is 3.46. The molecule has 0 spiro atoms. The van der Waals surface area contributed by atoms with Gasteiger partial charge in [-0.2, -0.15) is 0 Å². The van der Waals surface area contributed by atoms with Crippen LogP contribution in [-0.4, -0.2) is 31.0 Å². The van der Waals surface area contributed by atoms with E-state index in [0.29, 0.717) is 5.84 Å². The van der Waals surface area contributed by atoms with Crippen LogP contribution in [0.25, 0.3) is 0 Å². The van der Waals surface area contributed by atoms with Gasteiger partial charge in [0.05, 0.1) is 0 Å². The Hall–Kier alpha value is -0.900. The zero-order valence-electron chi connectivity index (χ0n) is 6.97. The molecule has 11 heavy (non-hydrogen) atoms. The van der Waals surface area contributed by atoms with Crippen LogP contribution in [0.3, 0.4) is 0 Å². The largest absolute Gasteiger partial charge is 0.371 e. The fourth-order valence-electron chi connectivity index (χ4n) is 0.800. The van der Waals surface area contributed by atoms with Gasteiger partial charge < -0.3 is 10.1 Å². The van der Waals surface area contributed by atoms with E-state index in [1.165, 1.54) is 0 Å². The average molecular weight is 156 g/mol. The number of carbonyl (C=O) groups is 1. The molecule has 4 nitrogen and oxygen atoms in total. The minimum atomic E-state index is -0.480. The van der Waals surface area contributed by atoms with Gasteiger partial charge in [-0.15, -0.1) is 0 Å². The lowest BCUT2D eigenvalue weighted by Gasteiger charge is -2.22. The summed E-state index contributed by atoms with van der Waals surface area (Å²) in [5.74, 6) is 0.551. The highest BCUT2D eigenvalue weighted by Crippen LogP contribution is 2.10. The highest BCUT2D eigenvalue weighted by molar-refractivity contribution is 6.07. The molecule has 1 aliphatic rings. The molecule has 1 rings (SSSR count). The first-order chi connectivity index (χ1) is 5.06. The summed E-state index contributed by atoms with van der Waals surface area (Å²) in [4.78, 5) is 14.7. The third-order valence-corrected chi connectivity index (χ3v) is 1.72. The Morgan fingerprint density at radius 3 is 2.64 bits per heavy atom. The van der Waals surface area contributed by atoms with Gasteiger partial charge in [0.2, 0.25) is 5.91 Å². The molecule has 0 aliphatic carbocycles. The Kier molecular flexibility index (Phi) is 1.95. The van der Waals surface area contributed by atoms with Crippen LogP contribution >= 0.6 is 0 Å². The van der Waals surface area contributed by atoms with Crippen LogP contribution in [0.1, 0.15) is 13.8 Å². The number of hydrogen-bond donors (Lipinski definition) is 1. The maximum atomic E-state index is 10.7. The summed E-state index contributed by atoms with van der Waals surface area (Å²) in [5, 5.41) is 2.63. The summed E-state index contributed by atoms with van der Waals surface area (Å²) in [5.41, 5.74) is -0.480. The lowest BCUT2D eigenvalue weighted by molar-refractivity contribution is -0.117. The number of nitrogens with one attached hydrogen (secondary N) is 1. The van der Waals surface area contributed by atoms with E-state index < -0.39 is 5.60 Å². The molecule has 1 amide bonds. The molecule has 0 saturated carbocycles. The van der Waals surface area contributed by atoms with E-state index in [1.807, 2.05) is 13.8 Å². The minimum absolute atomic E-state index is 0.0647. The van der Waals surface area contributed by atoms with Crippen molar-refractivity contribution in [3.05, 3.63) is 0 Å². The van der Waals surface area contributed by atoms with Crippen molar-refractivity contribution in [2.75, 3.05) is 13.7 Å². The van der Waals surface area contributed by atoms with E-state index in [-0.39, 0.29) is 12.5 Å². The van der Waals surface area contributed by atoms with Crippen LogP contribution in [0.2, 0.25) is 0 Å². The summed E-state index contributed by atoms with van der Waals surface area (Å²) in [7, 11) is 1.59. The van der Waals surface area contributed by atoms with Crippen LogP contribution in [0.5, 0.6) is 0 Å². The normalized spacial score (nSPS) is 18.1. The summed E-state index contributed by atoms with van der Waals surface area (Å²) in [6, 6.07) is 0. The quantitative estimate of drug-likeness (QED) is 0.609. The second kappa shape index (κ2) is 2.62. The SMILES string of the molecule is COC(C)(C)C1=NCC(=O)N1. The first kappa shape index (κ1) is 8.20. The molecule has 62 valence electrons. The van der Waals surface area contributed by atoms with Crippen molar-refractivity contribution >= 4 is 11.7 Å². The third-order valence-electron chi connectivity index (χ3n) is 1.72. The first-order valence-electron chi connectivity index (χ1n) is 3.46. The molecule has 0 atom stereocenters. The van der Waals surface area contributed by atoms with E-state index in [0.717, 1.165) is 0 Å². The molecule has 0 bridgehead atoms. The number of amides is 1. The molecule has 4 heteroatoms. The van der Waals surface area contributed by atoms with Crippen molar-refractivity contribution in [3.63, 3.8) is 0 Å². The number of nitrogens with zero attached hydrogens (tertiary/aromatic N) is 1. The summed E-state index contributed by atoms with van der Waals surface area (Å²) < 4.78 is 5.12. The second-order valence-corrected chi connectivity index (χ2v) is 2.93. The second-order valence-electron chi connectivity index (χ2n) is 2.93. The van der Waals surface area contributed by atoms with Crippen molar-refractivity contribution < 1.29 is 9.53 Å². The molecular formula is C7H12N2O2. The molecule has 0 aromatic carbocycles. The molecule has 1 aliphatic heterocycles. The number of carbonyl (C=O) groups excluding carboxylic acids is 1. The number of aliphatic imine (C=N–C) groups is 1. The Bertz CT molecular complexity index is 208. The van der Waals surface area contributed by atoms with E-state index >= 15 is 0 Å². The zero-order valence-corrected chi connectivity index (χ0v) is 6.97. The molecule has 0 aromatic heterocycles. The highest BCUT2D eigenvalue weighted by Gasteiger charge is 2.29. The Labute approximate surface area is 65.6 Å².